The van der Waals surface area contributed by atoms with E-state index in [0.717, 1.165) is 16.9 Å². The van der Waals surface area contributed by atoms with Gasteiger partial charge in [-0.05, 0) is 23.8 Å². The van der Waals surface area contributed by atoms with Crippen LogP contribution >= 0.6 is 0 Å². The Balaban J connectivity index is 2.03. The molecule has 2 aromatic heterocycles. The maximum Gasteiger partial charge on any atom is 0.337 e. The van der Waals surface area contributed by atoms with Crippen LogP contribution in [0, 0.1) is 0 Å². The van der Waals surface area contributed by atoms with Gasteiger partial charge in [0.2, 0.25) is 0 Å². The third kappa shape index (κ3) is 2.18. The van der Waals surface area contributed by atoms with Gasteiger partial charge in [0.05, 0.1) is 11.1 Å². The molecule has 1 aromatic carbocycles. The molecule has 0 saturated heterocycles. The molecule has 19 heavy (non-hydrogen) atoms. The third-order valence-electron chi connectivity index (χ3n) is 2.89. The highest BCUT2D eigenvalue weighted by molar-refractivity contribution is 6.00. The molecule has 0 aliphatic heterocycles. The number of hydrogen-bond acceptors (Lipinski definition) is 3. The number of para-hydroxylation sites is 1. The number of rotatable bonds is 3. The van der Waals surface area contributed by atoms with Crippen molar-refractivity contribution in [2.24, 2.45) is 0 Å². The number of benzene rings is 1. The standard InChI is InChI=1S/C14H11N3O2/c18-14(19)10-4-1-5-11-13(10)17-12(16-11)7-9-3-2-6-15-8-9/h1-6,8H,7H2,(H,16,17)(H,18,19). The summed E-state index contributed by atoms with van der Waals surface area (Å²) in [6, 6.07) is 8.90. The van der Waals surface area contributed by atoms with Crippen molar-refractivity contribution in [1.29, 1.82) is 0 Å². The molecule has 0 amide bonds. The molecule has 0 radical (unpaired) electrons. The minimum Gasteiger partial charge on any atom is -0.478 e. The number of nitrogens with zero attached hydrogens (tertiary/aromatic N) is 2. The lowest BCUT2D eigenvalue weighted by molar-refractivity contribution is 0.0699. The molecule has 0 saturated carbocycles. The van der Waals surface area contributed by atoms with Gasteiger partial charge in [0, 0.05) is 18.8 Å². The first-order valence-corrected chi connectivity index (χ1v) is 5.84. The van der Waals surface area contributed by atoms with Crippen LogP contribution in [-0.2, 0) is 6.42 Å². The van der Waals surface area contributed by atoms with Crippen molar-refractivity contribution in [3.05, 3.63) is 59.7 Å². The lowest BCUT2D eigenvalue weighted by atomic mass is 10.2. The number of nitrogens with one attached hydrogen (secondary N) is 1. The maximum absolute atomic E-state index is 11.1. The third-order valence-corrected chi connectivity index (χ3v) is 2.89. The summed E-state index contributed by atoms with van der Waals surface area (Å²) in [4.78, 5) is 22.7. The van der Waals surface area contributed by atoms with Gasteiger partial charge in [0.1, 0.15) is 11.3 Å². The molecule has 94 valence electrons. The number of pyridine rings is 1. The minimum absolute atomic E-state index is 0.214. The zero-order chi connectivity index (χ0) is 13.2. The summed E-state index contributed by atoms with van der Waals surface area (Å²) in [5.74, 6) is -0.235. The first kappa shape index (κ1) is 11.4. The van der Waals surface area contributed by atoms with Crippen LogP contribution in [0.25, 0.3) is 11.0 Å². The van der Waals surface area contributed by atoms with Crippen molar-refractivity contribution in [2.45, 2.75) is 6.42 Å². The van der Waals surface area contributed by atoms with E-state index in [4.69, 9.17) is 5.11 Å². The highest BCUT2D eigenvalue weighted by Crippen LogP contribution is 2.17. The van der Waals surface area contributed by atoms with Gasteiger partial charge in [-0.3, -0.25) is 4.98 Å². The predicted molar refractivity (Wildman–Crippen MR) is 70.1 cm³/mol. The van der Waals surface area contributed by atoms with E-state index in [1.807, 2.05) is 18.2 Å². The van der Waals surface area contributed by atoms with Gasteiger partial charge < -0.3 is 10.1 Å². The van der Waals surface area contributed by atoms with Crippen molar-refractivity contribution in [3.63, 3.8) is 0 Å². The summed E-state index contributed by atoms with van der Waals surface area (Å²) < 4.78 is 0. The summed E-state index contributed by atoms with van der Waals surface area (Å²) in [5, 5.41) is 9.12. The number of aromatic amines is 1. The normalized spacial score (nSPS) is 10.7. The fourth-order valence-electron chi connectivity index (χ4n) is 2.04. The molecule has 3 rings (SSSR count). The number of fused-ring (bicyclic) bond motifs is 1. The quantitative estimate of drug-likeness (QED) is 0.750. The number of aromatic carboxylic acids is 1. The van der Waals surface area contributed by atoms with Gasteiger partial charge in [0.15, 0.2) is 0 Å². The van der Waals surface area contributed by atoms with Gasteiger partial charge >= 0.3 is 5.97 Å². The fraction of sp³-hybridized carbons (Fsp3) is 0.0714. The maximum atomic E-state index is 11.1. The summed E-state index contributed by atoms with van der Waals surface area (Å²) in [7, 11) is 0. The molecule has 0 aliphatic carbocycles. The second-order valence-corrected chi connectivity index (χ2v) is 4.23. The van der Waals surface area contributed by atoms with E-state index in [-0.39, 0.29) is 5.56 Å². The molecule has 0 unspecified atom stereocenters. The highest BCUT2D eigenvalue weighted by atomic mass is 16.4. The number of carboxylic acids is 1. The lowest BCUT2D eigenvalue weighted by Gasteiger charge is -1.95. The van der Waals surface area contributed by atoms with Gasteiger partial charge in [-0.2, -0.15) is 0 Å². The Morgan fingerprint density at radius 1 is 1.26 bits per heavy atom. The molecule has 5 heteroatoms. The average Bonchev–Trinajstić information content (AvgIpc) is 2.81. The van der Waals surface area contributed by atoms with Crippen LogP contribution in [0.4, 0.5) is 0 Å². The monoisotopic (exact) mass is 253 g/mol. The van der Waals surface area contributed by atoms with E-state index in [9.17, 15) is 4.79 Å². The van der Waals surface area contributed by atoms with Crippen LogP contribution < -0.4 is 0 Å². The number of aromatic nitrogens is 3. The van der Waals surface area contributed by atoms with Crippen molar-refractivity contribution in [2.75, 3.05) is 0 Å². The lowest BCUT2D eigenvalue weighted by Crippen LogP contribution is -1.97. The Labute approximate surface area is 109 Å². The van der Waals surface area contributed by atoms with Crippen LogP contribution in [0.2, 0.25) is 0 Å². The van der Waals surface area contributed by atoms with Gasteiger partial charge in [-0.1, -0.05) is 12.1 Å². The van der Waals surface area contributed by atoms with Crippen molar-refractivity contribution in [3.8, 4) is 0 Å². The average molecular weight is 253 g/mol. The predicted octanol–water partition coefficient (Wildman–Crippen LogP) is 2.25. The van der Waals surface area contributed by atoms with E-state index in [1.165, 1.54) is 0 Å². The minimum atomic E-state index is -0.968. The summed E-state index contributed by atoms with van der Waals surface area (Å²) >= 11 is 0. The first-order chi connectivity index (χ1) is 9.24. The van der Waals surface area contributed by atoms with E-state index >= 15 is 0 Å². The Morgan fingerprint density at radius 3 is 2.89 bits per heavy atom. The van der Waals surface area contributed by atoms with Crippen LogP contribution in [0.1, 0.15) is 21.7 Å². The Bertz CT molecular complexity index is 735. The molecule has 5 nitrogen and oxygen atoms in total. The van der Waals surface area contributed by atoms with Crippen LogP contribution in [-0.4, -0.2) is 26.0 Å². The van der Waals surface area contributed by atoms with Gasteiger partial charge in [-0.25, -0.2) is 9.78 Å². The Morgan fingerprint density at radius 2 is 2.16 bits per heavy atom. The number of imidazole rings is 1. The summed E-state index contributed by atoms with van der Waals surface area (Å²) in [6.45, 7) is 0. The molecule has 2 heterocycles. The summed E-state index contributed by atoms with van der Waals surface area (Å²) in [5.41, 5.74) is 2.47. The highest BCUT2D eigenvalue weighted by Gasteiger charge is 2.12. The molecule has 3 aromatic rings. The number of H-pyrrole nitrogens is 1. The first-order valence-electron chi connectivity index (χ1n) is 5.84. The molecule has 0 fully saturated rings. The number of carboxylic acid groups (broad SMARTS) is 1. The Kier molecular flexibility index (Phi) is 2.72. The molecule has 0 bridgehead atoms. The second-order valence-electron chi connectivity index (χ2n) is 4.23. The number of hydrogen-bond donors (Lipinski definition) is 2. The van der Waals surface area contributed by atoms with E-state index in [2.05, 4.69) is 15.0 Å². The van der Waals surface area contributed by atoms with Gasteiger partial charge in [-0.15, -0.1) is 0 Å². The van der Waals surface area contributed by atoms with Crippen molar-refractivity contribution in [1.82, 2.24) is 15.0 Å². The molecule has 0 spiro atoms. The van der Waals surface area contributed by atoms with E-state index in [1.54, 1.807) is 24.5 Å². The smallest absolute Gasteiger partial charge is 0.337 e. The zero-order valence-electron chi connectivity index (χ0n) is 10.00. The molecular weight excluding hydrogens is 242 g/mol. The van der Waals surface area contributed by atoms with Crippen LogP contribution in [0.3, 0.4) is 0 Å². The molecule has 2 N–H and O–H groups in total. The second kappa shape index (κ2) is 4.53. The van der Waals surface area contributed by atoms with Crippen LogP contribution in [0.15, 0.2) is 42.7 Å². The summed E-state index contributed by atoms with van der Waals surface area (Å²) in [6.07, 6.45) is 4.08. The fourth-order valence-corrected chi connectivity index (χ4v) is 2.04. The zero-order valence-corrected chi connectivity index (χ0v) is 10.00. The van der Waals surface area contributed by atoms with Crippen LogP contribution in [0.5, 0.6) is 0 Å². The van der Waals surface area contributed by atoms with Gasteiger partial charge in [0.25, 0.3) is 0 Å². The molecule has 0 atom stereocenters. The largest absolute Gasteiger partial charge is 0.478 e. The topological polar surface area (TPSA) is 78.9 Å². The molecule has 0 aliphatic rings. The van der Waals surface area contributed by atoms with E-state index < -0.39 is 5.97 Å². The Hall–Kier alpha value is -2.69. The van der Waals surface area contributed by atoms with Crippen molar-refractivity contribution < 1.29 is 9.90 Å². The SMILES string of the molecule is O=C(O)c1cccc2[nH]c(Cc3cccnc3)nc12. The number of carbonyl (C=O) groups is 1. The molecular formula is C14H11N3O2. The van der Waals surface area contributed by atoms with E-state index in [0.29, 0.717) is 11.9 Å². The van der Waals surface area contributed by atoms with Crippen molar-refractivity contribution >= 4 is 17.0 Å².